The first-order valence-electron chi connectivity index (χ1n) is 11.2. The number of rotatable bonds is 5. The summed E-state index contributed by atoms with van der Waals surface area (Å²) in [4.78, 5) is 3.74. The van der Waals surface area contributed by atoms with E-state index < -0.39 is 7.29 Å². The van der Waals surface area contributed by atoms with E-state index in [2.05, 4.69) is 59.3 Å². The van der Waals surface area contributed by atoms with Gasteiger partial charge in [0.15, 0.2) is 7.29 Å². The molecule has 2 aliphatic heterocycles. The summed E-state index contributed by atoms with van der Waals surface area (Å²) in [5.74, 6) is 4.09. The maximum Gasteiger partial charge on any atom is 0.195 e. The normalized spacial score (nSPS) is 19.2. The second kappa shape index (κ2) is 9.64. The van der Waals surface area contributed by atoms with Crippen LogP contribution in [0.1, 0.15) is 16.7 Å². The van der Waals surface area contributed by atoms with Crippen molar-refractivity contribution in [2.75, 3.05) is 26.2 Å². The van der Waals surface area contributed by atoms with E-state index in [1.807, 2.05) is 48.0 Å². The first-order valence-corrected chi connectivity index (χ1v) is 13.8. The molecule has 2 aliphatic rings. The second-order valence-corrected chi connectivity index (χ2v) is 11.9. The van der Waals surface area contributed by atoms with Gasteiger partial charge in [-0.05, 0) is 11.1 Å². The second-order valence-electron chi connectivity index (χ2n) is 8.36. The van der Waals surface area contributed by atoms with Gasteiger partial charge in [-0.25, -0.2) is 4.67 Å². The minimum atomic E-state index is -2.77. The number of nitrogens with one attached hydrogen (secondary N) is 1. The first-order chi connectivity index (χ1) is 15.7. The molecule has 0 aliphatic carbocycles. The van der Waals surface area contributed by atoms with Crippen LogP contribution in [0.5, 0.6) is 0 Å². The molecule has 162 valence electrons. The Morgan fingerprint density at radius 1 is 0.719 bits per heavy atom. The van der Waals surface area contributed by atoms with E-state index in [0.717, 1.165) is 53.7 Å². The molecule has 1 fully saturated rings. The number of benzene rings is 3. The van der Waals surface area contributed by atoms with Crippen LogP contribution in [0.3, 0.4) is 0 Å². The smallest absolute Gasteiger partial charge is 0.195 e. The molecule has 5 heteroatoms. The molecule has 0 spiro atoms. The Balaban J connectivity index is 1.40. The van der Waals surface area contributed by atoms with E-state index >= 15 is 0 Å². The van der Waals surface area contributed by atoms with Crippen molar-refractivity contribution in [2.24, 2.45) is 0 Å². The molecule has 1 N–H and O–H groups in total. The highest BCUT2D eigenvalue weighted by atomic mass is 32.2. The van der Waals surface area contributed by atoms with Crippen LogP contribution in [0.25, 0.3) is 9.81 Å². The monoisotopic (exact) mass is 459 g/mol. The third-order valence-corrected chi connectivity index (χ3v) is 10.2. The molecule has 3 nitrogen and oxygen atoms in total. The molecule has 3 aromatic rings. The van der Waals surface area contributed by atoms with Crippen LogP contribution in [0.4, 0.5) is 0 Å². The number of nitrogens with zero attached hydrogens (tertiary/aromatic N) is 1. The zero-order valence-corrected chi connectivity index (χ0v) is 19.8. The van der Waals surface area contributed by atoms with Crippen LogP contribution >= 0.6 is 19.1 Å². The molecular formula is C27H28N2OPS+. The molecule has 0 amide bonds. The van der Waals surface area contributed by atoms with Gasteiger partial charge in [0.25, 0.3) is 0 Å². The molecule has 2 heterocycles. The molecule has 32 heavy (non-hydrogen) atoms. The maximum atomic E-state index is 14.4. The molecule has 0 atom stereocenters. The lowest BCUT2D eigenvalue weighted by molar-refractivity contribution is -0.917. The highest BCUT2D eigenvalue weighted by Crippen LogP contribution is 2.62. The summed E-state index contributed by atoms with van der Waals surface area (Å²) >= 11 is 1.72. The number of piperazine rings is 1. The lowest BCUT2D eigenvalue weighted by Gasteiger charge is -2.36. The average Bonchev–Trinajstić information content (AvgIpc) is 2.86. The Morgan fingerprint density at radius 2 is 1.19 bits per heavy atom. The third kappa shape index (κ3) is 4.84. The van der Waals surface area contributed by atoms with Gasteiger partial charge in [0.05, 0.1) is 26.2 Å². The first kappa shape index (κ1) is 21.5. The standard InChI is InChI=1S/C27H27N2OPS/c30-31(29-18-16-28(17-19-29)20-23-10-4-1-5-11-23)21-26(24-12-6-2-7-13-24)32-27(22-31)25-14-8-3-9-15-25/h1-15,21-22H,16-20H2/p+1. The van der Waals surface area contributed by atoms with Crippen molar-refractivity contribution >= 4 is 28.9 Å². The van der Waals surface area contributed by atoms with Crippen molar-refractivity contribution in [1.82, 2.24) is 4.67 Å². The van der Waals surface area contributed by atoms with Crippen molar-refractivity contribution in [3.63, 3.8) is 0 Å². The Morgan fingerprint density at radius 3 is 1.69 bits per heavy atom. The lowest BCUT2D eigenvalue weighted by atomic mass is 10.2. The molecule has 5 rings (SSSR count). The Bertz CT molecular complexity index is 1090. The van der Waals surface area contributed by atoms with Gasteiger partial charge >= 0.3 is 0 Å². The summed E-state index contributed by atoms with van der Waals surface area (Å²) in [6, 6.07) is 31.4. The van der Waals surface area contributed by atoms with Crippen molar-refractivity contribution in [1.29, 1.82) is 0 Å². The zero-order chi connectivity index (χ0) is 21.8. The fraction of sp³-hybridized carbons (Fsp3) is 0.185. The van der Waals surface area contributed by atoms with Gasteiger partial charge in [-0.2, -0.15) is 0 Å². The van der Waals surface area contributed by atoms with Gasteiger partial charge in [-0.3, -0.25) is 4.57 Å². The SMILES string of the molecule is O=P1(N2CC[NH+](Cc3ccccc3)CC2)C=C(c2ccccc2)SC(c2ccccc2)=C1. The largest absolute Gasteiger partial charge is 0.329 e. The highest BCUT2D eigenvalue weighted by molar-refractivity contribution is 8.17. The van der Waals surface area contributed by atoms with Crippen LogP contribution in [-0.4, -0.2) is 30.8 Å². The van der Waals surface area contributed by atoms with E-state index in [4.69, 9.17) is 0 Å². The predicted molar refractivity (Wildman–Crippen MR) is 136 cm³/mol. The molecule has 0 unspecified atom stereocenters. The van der Waals surface area contributed by atoms with Gasteiger partial charge in [0.2, 0.25) is 0 Å². The Kier molecular flexibility index (Phi) is 6.47. The van der Waals surface area contributed by atoms with Crippen LogP contribution in [0.15, 0.2) is 103 Å². The number of quaternary nitrogens is 1. The van der Waals surface area contributed by atoms with Crippen LogP contribution < -0.4 is 4.90 Å². The topological polar surface area (TPSA) is 24.8 Å². The zero-order valence-electron chi connectivity index (χ0n) is 18.1. The number of hydrogen-bond donors (Lipinski definition) is 1. The summed E-state index contributed by atoms with van der Waals surface area (Å²) < 4.78 is 16.6. The van der Waals surface area contributed by atoms with Crippen LogP contribution in [0.2, 0.25) is 0 Å². The van der Waals surface area contributed by atoms with Crippen molar-refractivity contribution < 1.29 is 9.46 Å². The van der Waals surface area contributed by atoms with Crippen molar-refractivity contribution in [3.8, 4) is 0 Å². The summed E-state index contributed by atoms with van der Waals surface area (Å²) in [5.41, 5.74) is 3.63. The quantitative estimate of drug-likeness (QED) is 0.517. The van der Waals surface area contributed by atoms with Gasteiger partial charge in [0, 0.05) is 27.0 Å². The van der Waals surface area contributed by atoms with Crippen LogP contribution in [0, 0.1) is 0 Å². The summed E-state index contributed by atoms with van der Waals surface area (Å²) in [7, 11) is -2.77. The minimum Gasteiger partial charge on any atom is -0.329 e. The van der Waals surface area contributed by atoms with E-state index in [-0.39, 0.29) is 0 Å². The fourth-order valence-electron chi connectivity index (χ4n) is 4.36. The minimum absolute atomic E-state index is 0.848. The predicted octanol–water partition coefficient (Wildman–Crippen LogP) is 5.41. The summed E-state index contributed by atoms with van der Waals surface area (Å²) in [5, 5.41) is 0. The van der Waals surface area contributed by atoms with E-state index in [9.17, 15) is 4.57 Å². The lowest BCUT2D eigenvalue weighted by Crippen LogP contribution is -3.13. The highest BCUT2D eigenvalue weighted by Gasteiger charge is 2.35. The fourth-order valence-corrected chi connectivity index (χ4v) is 8.63. The average molecular weight is 460 g/mol. The maximum absolute atomic E-state index is 14.4. The van der Waals surface area contributed by atoms with E-state index in [1.165, 1.54) is 5.56 Å². The molecule has 0 aromatic heterocycles. The number of thioether (sulfide) groups is 1. The van der Waals surface area contributed by atoms with Gasteiger partial charge < -0.3 is 4.90 Å². The third-order valence-electron chi connectivity index (χ3n) is 6.13. The molecule has 3 aromatic carbocycles. The van der Waals surface area contributed by atoms with Crippen molar-refractivity contribution in [2.45, 2.75) is 6.54 Å². The van der Waals surface area contributed by atoms with E-state index in [0.29, 0.717) is 0 Å². The molecule has 1 saturated heterocycles. The molecule has 0 bridgehead atoms. The van der Waals surface area contributed by atoms with Crippen molar-refractivity contribution in [3.05, 3.63) is 119 Å². The number of hydrogen-bond acceptors (Lipinski definition) is 2. The Hall–Kier alpha value is -2.36. The molecule has 0 radical (unpaired) electrons. The molecule has 0 saturated carbocycles. The summed E-state index contributed by atoms with van der Waals surface area (Å²) in [6.07, 6.45) is 0. The Labute approximate surface area is 194 Å². The van der Waals surface area contributed by atoms with E-state index in [1.54, 1.807) is 16.7 Å². The molecular weight excluding hydrogens is 431 g/mol. The summed E-state index contributed by atoms with van der Waals surface area (Å²) in [6.45, 7) is 4.75. The van der Waals surface area contributed by atoms with Crippen LogP contribution in [-0.2, 0) is 11.1 Å². The van der Waals surface area contributed by atoms with Gasteiger partial charge in [-0.1, -0.05) is 103 Å². The van der Waals surface area contributed by atoms with Gasteiger partial charge in [0.1, 0.15) is 6.54 Å². The van der Waals surface area contributed by atoms with Gasteiger partial charge in [-0.15, -0.1) is 0 Å².